The fraction of sp³-hybridized carbons (Fsp3) is 0.650. The number of carbonyl (C=O) groups is 1. The van der Waals surface area contributed by atoms with Crippen molar-refractivity contribution in [2.75, 3.05) is 20.1 Å². The molecule has 1 amide bonds. The van der Waals surface area contributed by atoms with Crippen molar-refractivity contribution < 1.29 is 4.79 Å². The number of likely N-dealkylation sites (tertiary alicyclic amines) is 1. The van der Waals surface area contributed by atoms with Gasteiger partial charge in [-0.3, -0.25) is 4.79 Å². The van der Waals surface area contributed by atoms with E-state index in [4.69, 9.17) is 0 Å². The number of hydrogen-bond donors (Lipinski definition) is 0. The van der Waals surface area contributed by atoms with Gasteiger partial charge in [-0.1, -0.05) is 56.5 Å². The highest BCUT2D eigenvalue weighted by Gasteiger charge is 2.48. The van der Waals surface area contributed by atoms with Crippen LogP contribution in [0.4, 0.5) is 0 Å². The lowest BCUT2D eigenvalue weighted by molar-refractivity contribution is -0.135. The van der Waals surface area contributed by atoms with Gasteiger partial charge >= 0.3 is 0 Å². The summed E-state index contributed by atoms with van der Waals surface area (Å²) in [7, 11) is 2.20. The van der Waals surface area contributed by atoms with Crippen molar-refractivity contribution in [3.63, 3.8) is 0 Å². The molecular formula is C20H30N2O. The summed E-state index contributed by atoms with van der Waals surface area (Å²) in [6, 6.07) is 10.7. The molecule has 2 fully saturated rings. The predicted octanol–water partition coefficient (Wildman–Crippen LogP) is 3.48. The summed E-state index contributed by atoms with van der Waals surface area (Å²) in [5.74, 6) is 0.324. The zero-order chi connectivity index (χ0) is 16.3. The van der Waals surface area contributed by atoms with Crippen LogP contribution < -0.4 is 0 Å². The van der Waals surface area contributed by atoms with E-state index in [0.717, 1.165) is 25.1 Å². The van der Waals surface area contributed by atoms with Crippen LogP contribution in [0.25, 0.3) is 0 Å². The standard InChI is InChI=1S/C20H30N2O/c1-3-21(2)18-15-20(12-8-5-9-13-20)22(16-18)19(23)14-17-10-6-4-7-11-17/h4,6-7,10-11,18H,3,5,8-9,12-16H2,1-2H3. The van der Waals surface area contributed by atoms with Crippen molar-refractivity contribution in [1.82, 2.24) is 9.80 Å². The summed E-state index contributed by atoms with van der Waals surface area (Å²) in [4.78, 5) is 17.7. The second-order valence-corrected chi connectivity index (χ2v) is 7.38. The first-order chi connectivity index (χ1) is 11.1. The van der Waals surface area contributed by atoms with Crippen molar-refractivity contribution in [3.8, 4) is 0 Å². The molecule has 1 aromatic rings. The highest BCUT2D eigenvalue weighted by Crippen LogP contribution is 2.43. The molecule has 1 saturated carbocycles. The topological polar surface area (TPSA) is 23.6 Å². The quantitative estimate of drug-likeness (QED) is 0.849. The Hall–Kier alpha value is -1.35. The first-order valence-corrected chi connectivity index (χ1v) is 9.19. The molecule has 3 nitrogen and oxygen atoms in total. The Morgan fingerprint density at radius 2 is 1.91 bits per heavy atom. The van der Waals surface area contributed by atoms with Crippen molar-refractivity contribution in [3.05, 3.63) is 35.9 Å². The van der Waals surface area contributed by atoms with E-state index < -0.39 is 0 Å². The van der Waals surface area contributed by atoms with E-state index in [-0.39, 0.29) is 5.54 Å². The Labute approximate surface area is 140 Å². The van der Waals surface area contributed by atoms with Gasteiger partial charge in [-0.2, -0.15) is 0 Å². The summed E-state index contributed by atoms with van der Waals surface area (Å²) in [6.45, 7) is 4.18. The van der Waals surface area contributed by atoms with E-state index in [1.54, 1.807) is 0 Å². The number of benzene rings is 1. The van der Waals surface area contributed by atoms with Crippen molar-refractivity contribution in [2.45, 2.75) is 63.5 Å². The van der Waals surface area contributed by atoms with Crippen LogP contribution in [0.1, 0.15) is 51.0 Å². The number of carbonyl (C=O) groups excluding carboxylic acids is 1. The van der Waals surface area contributed by atoms with Crippen molar-refractivity contribution >= 4 is 5.91 Å². The van der Waals surface area contributed by atoms with E-state index in [9.17, 15) is 4.79 Å². The molecule has 1 aromatic carbocycles. The van der Waals surface area contributed by atoms with Crippen LogP contribution in [0.5, 0.6) is 0 Å². The third kappa shape index (κ3) is 3.45. The molecule has 0 radical (unpaired) electrons. The van der Waals surface area contributed by atoms with Crippen LogP contribution in [-0.4, -0.2) is 47.4 Å². The Bertz CT molecular complexity index is 522. The van der Waals surface area contributed by atoms with E-state index in [0.29, 0.717) is 18.4 Å². The molecule has 1 heterocycles. The molecule has 2 aliphatic rings. The molecule has 1 atom stereocenters. The summed E-state index contributed by atoms with van der Waals surface area (Å²) in [5, 5.41) is 0. The molecule has 23 heavy (non-hydrogen) atoms. The Morgan fingerprint density at radius 3 is 2.57 bits per heavy atom. The van der Waals surface area contributed by atoms with Gasteiger partial charge in [0, 0.05) is 18.1 Å². The van der Waals surface area contributed by atoms with E-state index in [1.165, 1.54) is 32.1 Å². The van der Waals surface area contributed by atoms with Gasteiger partial charge < -0.3 is 9.80 Å². The Kier molecular flexibility index (Phi) is 5.05. The van der Waals surface area contributed by atoms with Crippen LogP contribution in [-0.2, 0) is 11.2 Å². The molecule has 3 heteroatoms. The number of amides is 1. The van der Waals surface area contributed by atoms with Crippen LogP contribution in [0, 0.1) is 0 Å². The highest BCUT2D eigenvalue weighted by molar-refractivity contribution is 5.80. The number of hydrogen-bond acceptors (Lipinski definition) is 2. The Morgan fingerprint density at radius 1 is 1.22 bits per heavy atom. The minimum atomic E-state index is 0.137. The first kappa shape index (κ1) is 16.5. The molecule has 0 bridgehead atoms. The summed E-state index contributed by atoms with van der Waals surface area (Å²) in [5.41, 5.74) is 1.27. The fourth-order valence-electron chi connectivity index (χ4n) is 4.49. The maximum absolute atomic E-state index is 13.1. The van der Waals surface area contributed by atoms with Gasteiger partial charge in [-0.05, 0) is 38.4 Å². The minimum Gasteiger partial charge on any atom is -0.335 e. The molecule has 0 N–H and O–H groups in total. The lowest BCUT2D eigenvalue weighted by atomic mass is 9.79. The highest BCUT2D eigenvalue weighted by atomic mass is 16.2. The van der Waals surface area contributed by atoms with Crippen molar-refractivity contribution in [1.29, 1.82) is 0 Å². The smallest absolute Gasteiger partial charge is 0.227 e. The summed E-state index contributed by atoms with van der Waals surface area (Å²) >= 11 is 0. The van der Waals surface area contributed by atoms with Gasteiger partial charge in [0.25, 0.3) is 0 Å². The monoisotopic (exact) mass is 314 g/mol. The lowest BCUT2D eigenvalue weighted by Crippen LogP contribution is -2.49. The molecule has 1 aliphatic carbocycles. The molecule has 1 saturated heterocycles. The average molecular weight is 314 g/mol. The number of likely N-dealkylation sites (N-methyl/N-ethyl adjacent to an activating group) is 1. The average Bonchev–Trinajstić information content (AvgIpc) is 2.94. The minimum absolute atomic E-state index is 0.137. The molecule has 1 unspecified atom stereocenters. The second kappa shape index (κ2) is 7.04. The molecule has 1 spiro atoms. The van der Waals surface area contributed by atoms with Crippen LogP contribution in [0.3, 0.4) is 0 Å². The van der Waals surface area contributed by atoms with E-state index in [1.807, 2.05) is 18.2 Å². The fourth-order valence-corrected chi connectivity index (χ4v) is 4.49. The first-order valence-electron chi connectivity index (χ1n) is 9.19. The van der Waals surface area contributed by atoms with E-state index in [2.05, 4.69) is 35.9 Å². The largest absolute Gasteiger partial charge is 0.335 e. The third-order valence-electron chi connectivity index (χ3n) is 5.99. The van der Waals surface area contributed by atoms with Gasteiger partial charge in [-0.25, -0.2) is 0 Å². The van der Waals surface area contributed by atoms with Crippen LogP contribution in [0.15, 0.2) is 30.3 Å². The normalized spacial score (nSPS) is 23.6. The number of nitrogens with zero attached hydrogens (tertiary/aromatic N) is 2. The maximum atomic E-state index is 13.1. The van der Waals surface area contributed by atoms with Crippen molar-refractivity contribution in [2.24, 2.45) is 0 Å². The van der Waals surface area contributed by atoms with Crippen LogP contribution in [0.2, 0.25) is 0 Å². The Balaban J connectivity index is 1.77. The van der Waals surface area contributed by atoms with Gasteiger partial charge in [0.1, 0.15) is 0 Å². The lowest BCUT2D eigenvalue weighted by Gasteiger charge is -2.41. The van der Waals surface area contributed by atoms with Gasteiger partial charge in [0.15, 0.2) is 0 Å². The third-order valence-corrected chi connectivity index (χ3v) is 5.99. The number of rotatable bonds is 4. The zero-order valence-corrected chi connectivity index (χ0v) is 14.6. The maximum Gasteiger partial charge on any atom is 0.227 e. The summed E-state index contributed by atoms with van der Waals surface area (Å²) in [6.07, 6.45) is 7.98. The van der Waals surface area contributed by atoms with Crippen LogP contribution >= 0.6 is 0 Å². The molecular weight excluding hydrogens is 284 g/mol. The molecule has 1 aliphatic heterocycles. The predicted molar refractivity (Wildman–Crippen MR) is 94.4 cm³/mol. The second-order valence-electron chi connectivity index (χ2n) is 7.38. The molecule has 126 valence electrons. The summed E-state index contributed by atoms with van der Waals surface area (Å²) < 4.78 is 0. The zero-order valence-electron chi connectivity index (χ0n) is 14.6. The molecule has 0 aromatic heterocycles. The van der Waals surface area contributed by atoms with Gasteiger partial charge in [0.2, 0.25) is 5.91 Å². The van der Waals surface area contributed by atoms with E-state index >= 15 is 0 Å². The molecule has 3 rings (SSSR count). The SMILES string of the molecule is CCN(C)C1CN(C(=O)Cc2ccccc2)C2(CCCCC2)C1. The van der Waals surface area contributed by atoms with Gasteiger partial charge in [0.05, 0.1) is 6.42 Å². The van der Waals surface area contributed by atoms with Gasteiger partial charge in [-0.15, -0.1) is 0 Å².